The number of fused-ring (bicyclic) bond motifs is 1. The number of esters is 1. The molecule has 0 aliphatic rings. The van der Waals surface area contributed by atoms with Gasteiger partial charge in [-0.05, 0) is 18.2 Å². The Kier molecular flexibility index (Phi) is 3.89. The molecule has 23 heavy (non-hydrogen) atoms. The van der Waals surface area contributed by atoms with Gasteiger partial charge in [-0.2, -0.15) is 0 Å². The number of nitrogens with one attached hydrogen (secondary N) is 1. The summed E-state index contributed by atoms with van der Waals surface area (Å²) in [4.78, 5) is 26.8. The number of ketones is 1. The number of para-hydroxylation sites is 1. The Morgan fingerprint density at radius 1 is 1.00 bits per heavy atom. The summed E-state index contributed by atoms with van der Waals surface area (Å²) in [5.41, 5.74) is 0.309. The van der Waals surface area contributed by atoms with Gasteiger partial charge >= 0.3 is 5.97 Å². The van der Waals surface area contributed by atoms with Crippen molar-refractivity contribution in [3.63, 3.8) is 0 Å². The van der Waals surface area contributed by atoms with E-state index < -0.39 is 35.6 Å². The predicted molar refractivity (Wildman–Crippen MR) is 79.3 cm³/mol. The van der Waals surface area contributed by atoms with Crippen molar-refractivity contribution in [1.29, 1.82) is 0 Å². The van der Waals surface area contributed by atoms with Crippen LogP contribution >= 0.6 is 0 Å². The first-order valence-electron chi connectivity index (χ1n) is 6.78. The molecule has 1 aromatic heterocycles. The zero-order valence-electron chi connectivity index (χ0n) is 11.8. The number of aromatic amines is 1. The molecule has 0 atom stereocenters. The summed E-state index contributed by atoms with van der Waals surface area (Å²) in [6, 6.07) is 10.2. The fourth-order valence-corrected chi connectivity index (χ4v) is 2.28. The molecular weight excluding hydrogens is 304 g/mol. The second-order valence-electron chi connectivity index (χ2n) is 4.84. The highest BCUT2D eigenvalue weighted by Crippen LogP contribution is 2.19. The van der Waals surface area contributed by atoms with Crippen LogP contribution < -0.4 is 0 Å². The fraction of sp³-hybridized carbons (Fsp3) is 0.0588. The Balaban J connectivity index is 1.75. The van der Waals surface area contributed by atoms with Crippen LogP contribution in [0.3, 0.4) is 0 Å². The number of aromatic nitrogens is 1. The maximum Gasteiger partial charge on any atom is 0.344 e. The van der Waals surface area contributed by atoms with Gasteiger partial charge in [-0.1, -0.05) is 24.3 Å². The monoisotopic (exact) mass is 315 g/mol. The third-order valence-corrected chi connectivity index (χ3v) is 3.39. The zero-order chi connectivity index (χ0) is 16.4. The lowest BCUT2D eigenvalue weighted by atomic mass is 10.1. The second-order valence-corrected chi connectivity index (χ2v) is 4.84. The number of Topliss-reactive ketones (excluding diaryl/α,β-unsaturated/α-hetero) is 1. The zero-order valence-corrected chi connectivity index (χ0v) is 11.8. The molecule has 0 aliphatic heterocycles. The minimum absolute atomic E-state index is 0.349. The molecule has 116 valence electrons. The van der Waals surface area contributed by atoms with Gasteiger partial charge in [0.2, 0.25) is 5.78 Å². The van der Waals surface area contributed by atoms with Crippen molar-refractivity contribution >= 4 is 22.7 Å². The van der Waals surface area contributed by atoms with Gasteiger partial charge < -0.3 is 9.72 Å². The van der Waals surface area contributed by atoms with Crippen molar-refractivity contribution in [2.24, 2.45) is 0 Å². The van der Waals surface area contributed by atoms with Crippen LogP contribution in [-0.4, -0.2) is 23.3 Å². The van der Waals surface area contributed by atoms with E-state index >= 15 is 0 Å². The molecular formula is C17H11F2NO3. The molecule has 3 aromatic rings. The molecule has 1 heterocycles. The van der Waals surface area contributed by atoms with E-state index in [4.69, 9.17) is 4.74 Å². The van der Waals surface area contributed by atoms with E-state index in [1.165, 1.54) is 6.20 Å². The van der Waals surface area contributed by atoms with Crippen molar-refractivity contribution in [3.05, 3.63) is 71.4 Å². The Morgan fingerprint density at radius 3 is 2.43 bits per heavy atom. The number of hydrogen-bond acceptors (Lipinski definition) is 3. The van der Waals surface area contributed by atoms with E-state index in [1.807, 2.05) is 6.07 Å². The van der Waals surface area contributed by atoms with Gasteiger partial charge in [0.05, 0.1) is 0 Å². The Hall–Kier alpha value is -3.02. The summed E-state index contributed by atoms with van der Waals surface area (Å²) >= 11 is 0. The van der Waals surface area contributed by atoms with Crippen LogP contribution in [0.15, 0.2) is 48.7 Å². The molecule has 0 spiro atoms. The highest BCUT2D eigenvalue weighted by molar-refractivity contribution is 6.09. The number of benzene rings is 2. The van der Waals surface area contributed by atoms with Crippen LogP contribution in [0.1, 0.15) is 20.7 Å². The quantitative estimate of drug-likeness (QED) is 0.592. The number of carbonyl (C=O) groups is 2. The highest BCUT2D eigenvalue weighted by atomic mass is 19.1. The van der Waals surface area contributed by atoms with Crippen LogP contribution in [0, 0.1) is 11.6 Å². The molecule has 1 N–H and O–H groups in total. The summed E-state index contributed by atoms with van der Waals surface area (Å²) in [6.45, 7) is -0.603. The average Bonchev–Trinajstić information content (AvgIpc) is 2.96. The maximum absolute atomic E-state index is 13.5. The molecule has 0 saturated heterocycles. The molecule has 6 heteroatoms. The van der Waals surface area contributed by atoms with Gasteiger partial charge in [-0.15, -0.1) is 0 Å². The number of hydrogen-bond donors (Lipinski definition) is 1. The van der Waals surface area contributed by atoms with E-state index in [-0.39, 0.29) is 0 Å². The molecule has 0 unspecified atom stereocenters. The SMILES string of the molecule is O=C(OCC(=O)c1c[nH]c2ccccc12)c1c(F)cccc1F. The highest BCUT2D eigenvalue weighted by Gasteiger charge is 2.20. The summed E-state index contributed by atoms with van der Waals surface area (Å²) < 4.78 is 31.7. The van der Waals surface area contributed by atoms with E-state index in [0.29, 0.717) is 10.9 Å². The molecule has 0 bridgehead atoms. The first kappa shape index (κ1) is 14.9. The van der Waals surface area contributed by atoms with Crippen molar-refractivity contribution < 1.29 is 23.1 Å². The first-order valence-corrected chi connectivity index (χ1v) is 6.78. The molecule has 0 fully saturated rings. The molecule has 0 amide bonds. The lowest BCUT2D eigenvalue weighted by Crippen LogP contribution is -2.16. The number of ether oxygens (including phenoxy) is 1. The van der Waals surface area contributed by atoms with Gasteiger partial charge in [0.1, 0.15) is 17.2 Å². The standard InChI is InChI=1S/C17H11F2NO3/c18-12-5-3-6-13(19)16(12)17(22)23-9-15(21)11-8-20-14-7-2-1-4-10(11)14/h1-8,20H,9H2. The normalized spacial score (nSPS) is 10.7. The number of halogens is 2. The van der Waals surface area contributed by atoms with Crippen LogP contribution in [0.2, 0.25) is 0 Å². The summed E-state index contributed by atoms with van der Waals surface area (Å²) in [5, 5.41) is 0.686. The Bertz CT molecular complexity index is 881. The summed E-state index contributed by atoms with van der Waals surface area (Å²) in [6.07, 6.45) is 1.50. The predicted octanol–water partition coefficient (Wildman–Crippen LogP) is 3.49. The van der Waals surface area contributed by atoms with Crippen molar-refractivity contribution in [2.45, 2.75) is 0 Å². The Labute approximate surface area is 129 Å². The molecule has 0 aliphatic carbocycles. The van der Waals surface area contributed by atoms with Gasteiger partial charge in [0.15, 0.2) is 6.61 Å². The average molecular weight is 315 g/mol. The van der Waals surface area contributed by atoms with E-state index in [1.54, 1.807) is 18.2 Å². The number of rotatable bonds is 4. The fourth-order valence-electron chi connectivity index (χ4n) is 2.28. The van der Waals surface area contributed by atoms with Crippen LogP contribution in [-0.2, 0) is 4.74 Å². The first-order chi connectivity index (χ1) is 11.1. The van der Waals surface area contributed by atoms with Crippen LogP contribution in [0.4, 0.5) is 8.78 Å². The van der Waals surface area contributed by atoms with Gasteiger partial charge in [0.25, 0.3) is 0 Å². The topological polar surface area (TPSA) is 59.2 Å². The van der Waals surface area contributed by atoms with E-state index in [9.17, 15) is 18.4 Å². The van der Waals surface area contributed by atoms with Crippen LogP contribution in [0.5, 0.6) is 0 Å². The largest absolute Gasteiger partial charge is 0.454 e. The van der Waals surface area contributed by atoms with Crippen molar-refractivity contribution in [1.82, 2.24) is 4.98 Å². The Morgan fingerprint density at radius 2 is 1.70 bits per heavy atom. The van der Waals surface area contributed by atoms with Crippen molar-refractivity contribution in [2.75, 3.05) is 6.61 Å². The summed E-state index contributed by atoms with van der Waals surface area (Å²) in [7, 11) is 0. The van der Waals surface area contributed by atoms with Gasteiger partial charge in [0, 0.05) is 22.7 Å². The summed E-state index contributed by atoms with van der Waals surface area (Å²) in [5.74, 6) is -3.74. The third-order valence-electron chi connectivity index (χ3n) is 3.39. The smallest absolute Gasteiger partial charge is 0.344 e. The second kappa shape index (κ2) is 6.00. The van der Waals surface area contributed by atoms with Gasteiger partial charge in [-0.25, -0.2) is 13.6 Å². The molecule has 0 radical (unpaired) electrons. The lowest BCUT2D eigenvalue weighted by Gasteiger charge is -2.05. The molecule has 4 nitrogen and oxygen atoms in total. The van der Waals surface area contributed by atoms with Crippen molar-refractivity contribution in [3.8, 4) is 0 Å². The lowest BCUT2D eigenvalue weighted by molar-refractivity contribution is 0.0465. The molecule has 0 saturated carbocycles. The van der Waals surface area contributed by atoms with E-state index in [0.717, 1.165) is 23.7 Å². The van der Waals surface area contributed by atoms with Crippen LogP contribution in [0.25, 0.3) is 10.9 Å². The maximum atomic E-state index is 13.5. The van der Waals surface area contributed by atoms with Gasteiger partial charge in [-0.3, -0.25) is 4.79 Å². The number of H-pyrrole nitrogens is 1. The minimum Gasteiger partial charge on any atom is -0.454 e. The minimum atomic E-state index is -1.21. The van der Waals surface area contributed by atoms with E-state index in [2.05, 4.69) is 4.98 Å². The number of carbonyl (C=O) groups excluding carboxylic acids is 2. The molecule has 2 aromatic carbocycles. The molecule has 3 rings (SSSR count). The third kappa shape index (κ3) is 2.83.